The molecule has 0 saturated heterocycles. The number of carbonyl (C=O) groups excluding carboxylic acids is 1. The van der Waals surface area contributed by atoms with Crippen LogP contribution in [0.5, 0.6) is 0 Å². The second-order valence-electron chi connectivity index (χ2n) is 6.20. The van der Waals surface area contributed by atoms with Gasteiger partial charge in [-0.3, -0.25) is 4.79 Å². The second-order valence-corrected chi connectivity index (χ2v) is 6.20. The Morgan fingerprint density at radius 3 is 1.91 bits per heavy atom. The fourth-order valence-electron chi connectivity index (χ4n) is 2.22. The van der Waals surface area contributed by atoms with E-state index in [-0.39, 0.29) is 11.3 Å². The van der Waals surface area contributed by atoms with E-state index in [2.05, 4.69) is 0 Å². The minimum absolute atomic E-state index is 0.0387. The zero-order valence-electron chi connectivity index (χ0n) is 12.7. The van der Waals surface area contributed by atoms with Crippen LogP contribution in [-0.4, -0.2) is 5.78 Å². The zero-order chi connectivity index (χ0) is 16.5. The first kappa shape index (κ1) is 16.3. The minimum atomic E-state index is -4.41. The molecule has 0 aliphatic carbocycles. The van der Waals surface area contributed by atoms with Crippen LogP contribution < -0.4 is 0 Å². The van der Waals surface area contributed by atoms with Crippen molar-refractivity contribution in [3.8, 4) is 11.1 Å². The van der Waals surface area contributed by atoms with Gasteiger partial charge in [-0.2, -0.15) is 13.2 Å². The molecule has 4 heteroatoms. The number of Topliss-reactive ketones (excluding diaryl/α,β-unsaturated/α-hetero) is 1. The maximum absolute atomic E-state index is 13.0. The van der Waals surface area contributed by atoms with Crippen LogP contribution >= 0.6 is 0 Å². The average molecular weight is 306 g/mol. The molecule has 0 bridgehead atoms. The number of alkyl halides is 3. The van der Waals surface area contributed by atoms with Crippen LogP contribution in [0.2, 0.25) is 0 Å². The molecule has 0 spiro atoms. The summed E-state index contributed by atoms with van der Waals surface area (Å²) < 4.78 is 39.1. The smallest absolute Gasteiger partial charge is 0.294 e. The molecule has 22 heavy (non-hydrogen) atoms. The Morgan fingerprint density at radius 2 is 1.41 bits per heavy atom. The molecule has 0 aliphatic heterocycles. The molecule has 0 unspecified atom stereocenters. The Labute approximate surface area is 127 Å². The zero-order valence-corrected chi connectivity index (χ0v) is 12.7. The summed E-state index contributed by atoms with van der Waals surface area (Å²) in [4.78, 5) is 12.2. The van der Waals surface area contributed by atoms with Crippen molar-refractivity contribution in [1.82, 2.24) is 0 Å². The minimum Gasteiger partial charge on any atom is -0.294 e. The summed E-state index contributed by atoms with van der Waals surface area (Å²) in [7, 11) is 0. The Hall–Kier alpha value is -2.10. The Bertz CT molecular complexity index is 677. The molecule has 0 aromatic heterocycles. The Kier molecular flexibility index (Phi) is 4.14. The maximum atomic E-state index is 13.0. The number of carbonyl (C=O) groups is 1. The van der Waals surface area contributed by atoms with E-state index in [1.165, 1.54) is 12.1 Å². The molecule has 0 amide bonds. The van der Waals surface area contributed by atoms with Gasteiger partial charge in [0.05, 0.1) is 5.56 Å². The topological polar surface area (TPSA) is 17.1 Å². The highest BCUT2D eigenvalue weighted by Crippen LogP contribution is 2.37. The number of benzene rings is 2. The molecule has 0 heterocycles. The molecule has 116 valence electrons. The number of hydrogen-bond acceptors (Lipinski definition) is 1. The summed E-state index contributed by atoms with van der Waals surface area (Å²) in [6.45, 7) is 5.42. The van der Waals surface area contributed by atoms with Crippen molar-refractivity contribution in [3.63, 3.8) is 0 Å². The molecule has 0 aliphatic rings. The van der Waals surface area contributed by atoms with Crippen LogP contribution in [0.25, 0.3) is 11.1 Å². The lowest BCUT2D eigenvalue weighted by Crippen LogP contribution is -2.19. The maximum Gasteiger partial charge on any atom is 0.417 e. The van der Waals surface area contributed by atoms with Gasteiger partial charge >= 0.3 is 6.18 Å². The summed E-state index contributed by atoms with van der Waals surface area (Å²) in [5, 5.41) is 0. The van der Waals surface area contributed by atoms with Crippen LogP contribution in [0.1, 0.15) is 36.7 Å². The summed E-state index contributed by atoms with van der Waals surface area (Å²) in [6.07, 6.45) is -4.41. The van der Waals surface area contributed by atoms with Crippen molar-refractivity contribution >= 4 is 5.78 Å². The lowest BCUT2D eigenvalue weighted by molar-refractivity contribution is -0.137. The Balaban J connectivity index is 2.43. The SMILES string of the molecule is CC(C)(C)C(=O)c1ccc(-c2ccccc2C(F)(F)F)cc1. The van der Waals surface area contributed by atoms with E-state index >= 15 is 0 Å². The average Bonchev–Trinajstić information content (AvgIpc) is 2.45. The highest BCUT2D eigenvalue weighted by molar-refractivity contribution is 6.00. The van der Waals surface area contributed by atoms with Crippen LogP contribution in [0.3, 0.4) is 0 Å². The van der Waals surface area contributed by atoms with Crippen LogP contribution in [0, 0.1) is 5.41 Å². The molecule has 0 atom stereocenters. The van der Waals surface area contributed by atoms with Gasteiger partial charge in [-0.25, -0.2) is 0 Å². The first-order valence-electron chi connectivity index (χ1n) is 6.92. The largest absolute Gasteiger partial charge is 0.417 e. The molecule has 0 radical (unpaired) electrons. The van der Waals surface area contributed by atoms with Gasteiger partial charge < -0.3 is 0 Å². The van der Waals surface area contributed by atoms with Crippen LogP contribution in [0.4, 0.5) is 13.2 Å². The third-order valence-corrected chi connectivity index (χ3v) is 3.37. The fraction of sp³-hybridized carbons (Fsp3) is 0.278. The molecule has 2 aromatic rings. The lowest BCUT2D eigenvalue weighted by atomic mass is 9.86. The van der Waals surface area contributed by atoms with E-state index in [0.29, 0.717) is 11.1 Å². The molecule has 0 saturated carbocycles. The number of ketones is 1. The molecule has 1 nitrogen and oxygen atoms in total. The molecule has 2 aromatic carbocycles. The van der Waals surface area contributed by atoms with E-state index < -0.39 is 17.2 Å². The van der Waals surface area contributed by atoms with Crippen molar-refractivity contribution in [2.24, 2.45) is 5.41 Å². The third kappa shape index (κ3) is 3.38. The van der Waals surface area contributed by atoms with Crippen molar-refractivity contribution in [2.75, 3.05) is 0 Å². The van der Waals surface area contributed by atoms with Crippen LogP contribution in [-0.2, 0) is 6.18 Å². The van der Waals surface area contributed by atoms with Crippen LogP contribution in [0.15, 0.2) is 48.5 Å². The standard InChI is InChI=1S/C18H17F3O/c1-17(2,3)16(22)13-10-8-12(9-11-13)14-6-4-5-7-15(14)18(19,20)21/h4-11H,1-3H3. The lowest BCUT2D eigenvalue weighted by Gasteiger charge is -2.17. The number of halogens is 3. The molecular weight excluding hydrogens is 289 g/mol. The van der Waals surface area contributed by atoms with Crippen molar-refractivity contribution < 1.29 is 18.0 Å². The van der Waals surface area contributed by atoms with Crippen molar-refractivity contribution in [3.05, 3.63) is 59.7 Å². The quantitative estimate of drug-likeness (QED) is 0.660. The molecule has 0 fully saturated rings. The summed E-state index contributed by atoms with van der Waals surface area (Å²) in [6, 6.07) is 11.7. The second kappa shape index (κ2) is 5.59. The van der Waals surface area contributed by atoms with Gasteiger partial charge in [0.1, 0.15) is 0 Å². The number of rotatable bonds is 2. The van der Waals surface area contributed by atoms with Gasteiger partial charge in [-0.1, -0.05) is 63.2 Å². The van der Waals surface area contributed by atoms with Crippen molar-refractivity contribution in [1.29, 1.82) is 0 Å². The van der Waals surface area contributed by atoms with E-state index in [9.17, 15) is 18.0 Å². The molecule has 0 N–H and O–H groups in total. The van der Waals surface area contributed by atoms with Gasteiger partial charge in [-0.05, 0) is 17.2 Å². The predicted molar refractivity (Wildman–Crippen MR) is 80.7 cm³/mol. The van der Waals surface area contributed by atoms with E-state index in [0.717, 1.165) is 6.07 Å². The molecule has 2 rings (SSSR count). The number of hydrogen-bond donors (Lipinski definition) is 0. The highest BCUT2D eigenvalue weighted by atomic mass is 19.4. The van der Waals surface area contributed by atoms with E-state index in [1.807, 2.05) is 20.8 Å². The fourth-order valence-corrected chi connectivity index (χ4v) is 2.22. The normalized spacial score (nSPS) is 12.3. The van der Waals surface area contributed by atoms with Gasteiger partial charge in [0.2, 0.25) is 0 Å². The van der Waals surface area contributed by atoms with Crippen molar-refractivity contribution in [2.45, 2.75) is 26.9 Å². The summed E-state index contributed by atoms with van der Waals surface area (Å²) in [5.41, 5.74) is -0.139. The monoisotopic (exact) mass is 306 g/mol. The Morgan fingerprint density at radius 1 is 0.864 bits per heavy atom. The van der Waals surface area contributed by atoms with Gasteiger partial charge in [-0.15, -0.1) is 0 Å². The predicted octanol–water partition coefficient (Wildman–Crippen LogP) is 5.60. The molecular formula is C18H17F3O. The van der Waals surface area contributed by atoms with E-state index in [1.54, 1.807) is 30.3 Å². The first-order valence-corrected chi connectivity index (χ1v) is 6.92. The van der Waals surface area contributed by atoms with E-state index in [4.69, 9.17) is 0 Å². The van der Waals surface area contributed by atoms with Gasteiger partial charge in [0, 0.05) is 11.0 Å². The highest BCUT2D eigenvalue weighted by Gasteiger charge is 2.33. The van der Waals surface area contributed by atoms with Gasteiger partial charge in [0.15, 0.2) is 5.78 Å². The summed E-state index contributed by atoms with van der Waals surface area (Å²) >= 11 is 0. The third-order valence-electron chi connectivity index (χ3n) is 3.37. The van der Waals surface area contributed by atoms with Gasteiger partial charge in [0.25, 0.3) is 0 Å². The summed E-state index contributed by atoms with van der Waals surface area (Å²) in [5.74, 6) is -0.0387. The first-order chi connectivity index (χ1) is 10.1.